The molecule has 0 bridgehead atoms. The average molecular weight is 504 g/mol. The van der Waals surface area contributed by atoms with Crippen LogP contribution in [0.1, 0.15) is 41.1 Å². The first-order chi connectivity index (χ1) is 16.3. The van der Waals surface area contributed by atoms with E-state index in [1.807, 2.05) is 37.0 Å². The number of hydrogen-bond acceptors (Lipinski definition) is 7. The highest BCUT2D eigenvalue weighted by atomic mass is 35.5. The van der Waals surface area contributed by atoms with Crippen molar-refractivity contribution in [2.45, 2.75) is 38.4 Å². The van der Waals surface area contributed by atoms with Gasteiger partial charge in [0.05, 0.1) is 17.2 Å². The molecule has 1 fully saturated rings. The summed E-state index contributed by atoms with van der Waals surface area (Å²) >= 11 is 7.85. The SMILES string of the molecule is C=Nc1cc(C(O)(CC)CO)sc1/C(=C\C)c1cc(Cl)cc2c1OC(C(=O)N1CCNCC1)C2. The summed E-state index contributed by atoms with van der Waals surface area (Å²) in [5.41, 5.74) is 1.73. The molecule has 2 unspecified atom stereocenters. The topological polar surface area (TPSA) is 94.4 Å². The zero-order valence-electron chi connectivity index (χ0n) is 19.4. The predicted octanol–water partition coefficient (Wildman–Crippen LogP) is 3.51. The van der Waals surface area contributed by atoms with E-state index in [1.54, 1.807) is 6.07 Å². The maximum atomic E-state index is 13.1. The predicted molar refractivity (Wildman–Crippen MR) is 137 cm³/mol. The largest absolute Gasteiger partial charge is 0.479 e. The van der Waals surface area contributed by atoms with E-state index in [9.17, 15) is 15.0 Å². The molecule has 3 heterocycles. The first-order valence-corrected chi connectivity index (χ1v) is 12.6. The first kappa shape index (κ1) is 24.9. The van der Waals surface area contributed by atoms with Crippen molar-refractivity contribution in [2.75, 3.05) is 32.8 Å². The lowest BCUT2D eigenvalue weighted by atomic mass is 9.97. The Balaban J connectivity index is 1.72. The van der Waals surface area contributed by atoms with Crippen molar-refractivity contribution < 1.29 is 19.7 Å². The minimum atomic E-state index is -1.35. The van der Waals surface area contributed by atoms with Gasteiger partial charge in [-0.05, 0) is 38.3 Å². The van der Waals surface area contributed by atoms with Gasteiger partial charge in [0.1, 0.15) is 11.4 Å². The van der Waals surface area contributed by atoms with Crippen molar-refractivity contribution in [2.24, 2.45) is 4.99 Å². The van der Waals surface area contributed by atoms with Crippen LogP contribution in [0, 0.1) is 0 Å². The highest BCUT2D eigenvalue weighted by Gasteiger charge is 2.36. The molecule has 0 radical (unpaired) electrons. The fourth-order valence-corrected chi connectivity index (χ4v) is 6.04. The molecule has 3 N–H and O–H groups in total. The number of fused-ring (bicyclic) bond motifs is 1. The maximum Gasteiger partial charge on any atom is 0.264 e. The second-order valence-corrected chi connectivity index (χ2v) is 10.0. The number of carbonyl (C=O) groups excluding carboxylic acids is 1. The Labute approximate surface area is 208 Å². The van der Waals surface area contributed by atoms with Crippen LogP contribution in [0.3, 0.4) is 0 Å². The van der Waals surface area contributed by atoms with Crippen LogP contribution in [0.4, 0.5) is 5.69 Å². The molecule has 2 aliphatic rings. The molecule has 0 spiro atoms. The van der Waals surface area contributed by atoms with E-state index in [4.69, 9.17) is 16.3 Å². The van der Waals surface area contributed by atoms with Gasteiger partial charge in [-0.2, -0.15) is 0 Å². The van der Waals surface area contributed by atoms with Crippen LogP contribution in [0.25, 0.3) is 5.57 Å². The highest BCUT2D eigenvalue weighted by molar-refractivity contribution is 7.14. The minimum Gasteiger partial charge on any atom is -0.479 e. The van der Waals surface area contributed by atoms with Gasteiger partial charge in [0.2, 0.25) is 0 Å². The first-order valence-electron chi connectivity index (χ1n) is 11.4. The Morgan fingerprint density at radius 3 is 2.76 bits per heavy atom. The lowest BCUT2D eigenvalue weighted by molar-refractivity contribution is -0.138. The molecular formula is C25H30ClN3O4S. The van der Waals surface area contributed by atoms with Gasteiger partial charge in [0, 0.05) is 59.2 Å². The van der Waals surface area contributed by atoms with Crippen LogP contribution in [-0.2, 0) is 16.8 Å². The van der Waals surface area contributed by atoms with E-state index in [1.165, 1.54) is 11.3 Å². The van der Waals surface area contributed by atoms with E-state index in [-0.39, 0.29) is 5.91 Å². The van der Waals surface area contributed by atoms with Crippen molar-refractivity contribution in [3.8, 4) is 5.75 Å². The molecule has 34 heavy (non-hydrogen) atoms. The zero-order valence-corrected chi connectivity index (χ0v) is 21.0. The highest BCUT2D eigenvalue weighted by Crippen LogP contribution is 2.47. The number of nitrogens with zero attached hydrogens (tertiary/aromatic N) is 2. The van der Waals surface area contributed by atoms with Gasteiger partial charge in [-0.15, -0.1) is 11.3 Å². The molecule has 2 aliphatic heterocycles. The minimum absolute atomic E-state index is 0.00962. The van der Waals surface area contributed by atoms with Gasteiger partial charge in [-0.25, -0.2) is 0 Å². The number of benzene rings is 1. The van der Waals surface area contributed by atoms with Crippen LogP contribution in [0.15, 0.2) is 29.3 Å². The summed E-state index contributed by atoms with van der Waals surface area (Å²) in [5, 5.41) is 24.5. The summed E-state index contributed by atoms with van der Waals surface area (Å²) in [5.74, 6) is 0.633. The number of halogens is 1. The maximum absolute atomic E-state index is 13.1. The number of aliphatic hydroxyl groups excluding tert-OH is 1. The molecule has 2 atom stereocenters. The molecule has 1 amide bonds. The Kier molecular flexibility index (Phi) is 7.45. The summed E-state index contributed by atoms with van der Waals surface area (Å²) in [7, 11) is 0. The Morgan fingerprint density at radius 1 is 1.41 bits per heavy atom. The summed E-state index contributed by atoms with van der Waals surface area (Å²) in [6.45, 7) is 9.93. The van der Waals surface area contributed by atoms with Gasteiger partial charge in [-0.3, -0.25) is 9.79 Å². The van der Waals surface area contributed by atoms with Crippen molar-refractivity contribution in [1.29, 1.82) is 0 Å². The van der Waals surface area contributed by atoms with Crippen molar-refractivity contribution in [3.63, 3.8) is 0 Å². The molecule has 1 aromatic carbocycles. The molecule has 9 heteroatoms. The lowest BCUT2D eigenvalue weighted by Crippen LogP contribution is -2.50. The molecule has 182 valence electrons. The number of aliphatic hydroxyl groups is 2. The number of amides is 1. The van der Waals surface area contributed by atoms with E-state index < -0.39 is 18.3 Å². The molecule has 7 nitrogen and oxygen atoms in total. The number of aliphatic imine (C=N–C) groups is 1. The smallest absolute Gasteiger partial charge is 0.264 e. The van der Waals surface area contributed by atoms with Crippen LogP contribution in [0.2, 0.25) is 5.02 Å². The average Bonchev–Trinajstić information content (AvgIpc) is 3.49. The van der Waals surface area contributed by atoms with Gasteiger partial charge in [-0.1, -0.05) is 24.6 Å². The molecule has 2 aromatic rings. The Hall–Kier alpha value is -2.23. The normalized spacial score (nSPS) is 20.0. The quantitative estimate of drug-likeness (QED) is 0.503. The molecule has 1 aromatic heterocycles. The van der Waals surface area contributed by atoms with Crippen LogP contribution >= 0.6 is 22.9 Å². The number of allylic oxidation sites excluding steroid dienone is 1. The molecule has 0 saturated carbocycles. The summed E-state index contributed by atoms with van der Waals surface area (Å²) < 4.78 is 6.26. The van der Waals surface area contributed by atoms with Gasteiger partial charge in [0.25, 0.3) is 5.91 Å². The molecule has 0 aliphatic carbocycles. The van der Waals surface area contributed by atoms with Crippen molar-refractivity contribution in [3.05, 3.63) is 50.2 Å². The van der Waals surface area contributed by atoms with Crippen molar-refractivity contribution in [1.82, 2.24) is 10.2 Å². The molecule has 4 rings (SSSR count). The Bertz CT molecular complexity index is 1120. The number of thiophene rings is 1. The fourth-order valence-electron chi connectivity index (χ4n) is 4.45. The third-order valence-corrected chi connectivity index (χ3v) is 8.08. The summed E-state index contributed by atoms with van der Waals surface area (Å²) in [6.07, 6.45) is 2.18. The number of carbonyl (C=O) groups is 1. The monoisotopic (exact) mass is 503 g/mol. The van der Waals surface area contributed by atoms with E-state index in [2.05, 4.69) is 17.0 Å². The zero-order chi connectivity index (χ0) is 24.5. The number of hydrogen-bond donors (Lipinski definition) is 3. The van der Waals surface area contributed by atoms with Crippen LogP contribution in [0.5, 0.6) is 5.75 Å². The Morgan fingerprint density at radius 2 is 2.15 bits per heavy atom. The van der Waals surface area contributed by atoms with Gasteiger partial charge >= 0.3 is 0 Å². The fraction of sp³-hybridized carbons (Fsp3) is 0.440. The summed E-state index contributed by atoms with van der Waals surface area (Å²) in [4.78, 5) is 20.5. The number of nitrogens with one attached hydrogen (secondary N) is 1. The van der Waals surface area contributed by atoms with E-state index in [0.29, 0.717) is 47.3 Å². The van der Waals surface area contributed by atoms with Gasteiger partial charge in [0.15, 0.2) is 6.10 Å². The van der Waals surface area contributed by atoms with Crippen LogP contribution in [-0.4, -0.2) is 66.6 Å². The third kappa shape index (κ3) is 4.53. The molecule has 1 saturated heterocycles. The van der Waals surface area contributed by atoms with E-state index >= 15 is 0 Å². The number of ether oxygens (including phenoxy) is 1. The van der Waals surface area contributed by atoms with E-state index in [0.717, 1.165) is 34.7 Å². The van der Waals surface area contributed by atoms with Crippen LogP contribution < -0.4 is 10.1 Å². The second kappa shape index (κ2) is 10.2. The number of piperazine rings is 1. The van der Waals surface area contributed by atoms with Gasteiger partial charge < -0.3 is 25.2 Å². The van der Waals surface area contributed by atoms with Crippen molar-refractivity contribution >= 4 is 46.8 Å². The lowest BCUT2D eigenvalue weighted by Gasteiger charge is -2.29. The molecular weight excluding hydrogens is 474 g/mol. The third-order valence-electron chi connectivity index (χ3n) is 6.51. The standard InChI is InChI=1S/C25H30ClN3O4S/c1-4-17(23-19(27-3)13-21(34-23)25(32,5-2)14-30)18-12-16(26)10-15-11-20(33-22(15)18)24(31)29-8-6-28-7-9-29/h4,10,12-13,20,28,30,32H,3,5-9,11,14H2,1-2H3/b17-4-. The second-order valence-electron chi connectivity index (χ2n) is 8.56. The number of rotatable bonds is 7. The summed E-state index contributed by atoms with van der Waals surface area (Å²) in [6, 6.07) is 5.45.